The molecule has 1 atom stereocenters. The van der Waals surface area contributed by atoms with Crippen molar-refractivity contribution in [3.05, 3.63) is 39.9 Å². The smallest absolute Gasteiger partial charge is 0.338 e. The van der Waals surface area contributed by atoms with E-state index in [0.29, 0.717) is 18.2 Å². The Morgan fingerprint density at radius 3 is 2.44 bits per heavy atom. The first-order valence-corrected chi connectivity index (χ1v) is 9.19. The van der Waals surface area contributed by atoms with E-state index < -0.39 is 10.9 Å². The van der Waals surface area contributed by atoms with Crippen LogP contribution in [0, 0.1) is 10.1 Å². The average Bonchev–Trinajstić information content (AvgIpc) is 2.61. The van der Waals surface area contributed by atoms with E-state index in [1.807, 2.05) is 0 Å². The van der Waals surface area contributed by atoms with Gasteiger partial charge in [-0.2, -0.15) is 0 Å². The summed E-state index contributed by atoms with van der Waals surface area (Å²) < 4.78 is 5.18. The lowest BCUT2D eigenvalue weighted by atomic mass is 10.1. The second-order valence-corrected chi connectivity index (χ2v) is 6.35. The molecule has 0 aromatic heterocycles. The number of hydrogen-bond donors (Lipinski definition) is 1. The molecule has 0 fully saturated rings. The predicted octanol–water partition coefficient (Wildman–Crippen LogP) is 4.48. The van der Waals surface area contributed by atoms with E-state index >= 15 is 0 Å². The van der Waals surface area contributed by atoms with Gasteiger partial charge in [-0.3, -0.25) is 10.1 Å². The van der Waals surface area contributed by atoms with Gasteiger partial charge >= 0.3 is 5.97 Å². The van der Waals surface area contributed by atoms with E-state index in [1.54, 1.807) is 0 Å². The van der Waals surface area contributed by atoms with Crippen molar-refractivity contribution in [2.75, 3.05) is 13.2 Å². The minimum Gasteiger partial charge on any atom is -0.461 e. The highest BCUT2D eigenvalue weighted by atomic mass is 16.6. The van der Waals surface area contributed by atoms with Gasteiger partial charge in [0.1, 0.15) is 6.61 Å². The number of ether oxygens (including phenoxy) is 1. The molecule has 0 saturated heterocycles. The van der Waals surface area contributed by atoms with Crippen molar-refractivity contribution in [1.82, 2.24) is 5.32 Å². The Labute approximate surface area is 150 Å². The van der Waals surface area contributed by atoms with Crippen molar-refractivity contribution < 1.29 is 14.5 Å². The van der Waals surface area contributed by atoms with Crippen LogP contribution in [0.4, 0.5) is 5.69 Å². The summed E-state index contributed by atoms with van der Waals surface area (Å²) in [4.78, 5) is 21.9. The third-order valence-electron chi connectivity index (χ3n) is 4.13. The van der Waals surface area contributed by atoms with Gasteiger partial charge in [0.25, 0.3) is 5.69 Å². The molecule has 1 rings (SSSR count). The number of carbonyl (C=O) groups is 1. The number of carbonyl (C=O) groups excluding carboxylic acids is 1. The molecule has 0 bridgehead atoms. The zero-order valence-electron chi connectivity index (χ0n) is 15.3. The molecule has 1 aromatic carbocycles. The van der Waals surface area contributed by atoms with Gasteiger partial charge in [0.2, 0.25) is 0 Å². The van der Waals surface area contributed by atoms with E-state index in [9.17, 15) is 14.9 Å². The van der Waals surface area contributed by atoms with Crippen molar-refractivity contribution in [2.24, 2.45) is 0 Å². The van der Waals surface area contributed by atoms with Crippen molar-refractivity contribution in [3.8, 4) is 0 Å². The normalized spacial score (nSPS) is 11.9. The molecule has 140 valence electrons. The summed E-state index contributed by atoms with van der Waals surface area (Å²) in [6.07, 6.45) is 8.87. The Bertz CT molecular complexity index is 517. The summed E-state index contributed by atoms with van der Waals surface area (Å²) in [6, 6.07) is 5.84. The maximum Gasteiger partial charge on any atom is 0.338 e. The Morgan fingerprint density at radius 2 is 1.80 bits per heavy atom. The predicted molar refractivity (Wildman–Crippen MR) is 98.8 cm³/mol. The molecule has 0 spiro atoms. The molecular weight excluding hydrogens is 320 g/mol. The summed E-state index contributed by atoms with van der Waals surface area (Å²) >= 11 is 0. The molecule has 0 heterocycles. The van der Waals surface area contributed by atoms with Crippen LogP contribution in [0.3, 0.4) is 0 Å². The van der Waals surface area contributed by atoms with E-state index in [-0.39, 0.29) is 12.3 Å². The molecule has 1 unspecified atom stereocenters. The van der Waals surface area contributed by atoms with Crippen LogP contribution in [0.15, 0.2) is 24.3 Å². The lowest BCUT2D eigenvalue weighted by molar-refractivity contribution is -0.384. The first-order chi connectivity index (χ1) is 12.0. The number of benzene rings is 1. The van der Waals surface area contributed by atoms with Crippen LogP contribution in [-0.2, 0) is 4.74 Å². The van der Waals surface area contributed by atoms with E-state index in [1.165, 1.54) is 62.8 Å². The number of esters is 1. The van der Waals surface area contributed by atoms with Crippen LogP contribution in [0.5, 0.6) is 0 Å². The maximum absolute atomic E-state index is 11.8. The topological polar surface area (TPSA) is 81.5 Å². The number of nitrogens with zero attached hydrogens (tertiary/aromatic N) is 1. The Kier molecular flexibility index (Phi) is 10.5. The fourth-order valence-corrected chi connectivity index (χ4v) is 2.58. The summed E-state index contributed by atoms with van der Waals surface area (Å²) in [5.41, 5.74) is 0.285. The summed E-state index contributed by atoms with van der Waals surface area (Å²) in [5.74, 6) is -0.458. The van der Waals surface area contributed by atoms with Crippen LogP contribution in [-0.4, -0.2) is 30.1 Å². The molecule has 6 heteroatoms. The molecular formula is C19H30N2O4. The van der Waals surface area contributed by atoms with Gasteiger partial charge in [-0.05, 0) is 25.5 Å². The van der Waals surface area contributed by atoms with Gasteiger partial charge in [-0.15, -0.1) is 0 Å². The molecule has 1 N–H and O–H groups in total. The SMILES string of the molecule is CCCCCCCCC(C)NCCOC(=O)c1ccc([N+](=O)[O-])cc1. The second kappa shape index (κ2) is 12.4. The highest BCUT2D eigenvalue weighted by Crippen LogP contribution is 2.12. The van der Waals surface area contributed by atoms with Gasteiger partial charge in [0.15, 0.2) is 0 Å². The molecule has 0 radical (unpaired) electrons. The van der Waals surface area contributed by atoms with Gasteiger partial charge in [-0.25, -0.2) is 4.79 Å². The molecule has 0 amide bonds. The fraction of sp³-hybridized carbons (Fsp3) is 0.632. The number of nitro benzene ring substituents is 1. The first-order valence-electron chi connectivity index (χ1n) is 9.19. The largest absolute Gasteiger partial charge is 0.461 e. The molecule has 6 nitrogen and oxygen atoms in total. The lowest BCUT2D eigenvalue weighted by Gasteiger charge is -2.13. The lowest BCUT2D eigenvalue weighted by Crippen LogP contribution is -2.30. The highest BCUT2D eigenvalue weighted by Gasteiger charge is 2.10. The van der Waals surface area contributed by atoms with E-state index in [0.717, 1.165) is 6.42 Å². The number of nitro groups is 1. The summed E-state index contributed by atoms with van der Waals surface area (Å²) in [6.45, 7) is 5.26. The van der Waals surface area contributed by atoms with Crippen LogP contribution < -0.4 is 5.32 Å². The Hall–Kier alpha value is -1.95. The number of hydrogen-bond acceptors (Lipinski definition) is 5. The zero-order valence-corrected chi connectivity index (χ0v) is 15.3. The summed E-state index contributed by atoms with van der Waals surface area (Å²) in [7, 11) is 0. The van der Waals surface area contributed by atoms with Crippen LogP contribution >= 0.6 is 0 Å². The number of non-ortho nitro benzene ring substituents is 1. The number of rotatable bonds is 13. The third-order valence-corrected chi connectivity index (χ3v) is 4.13. The number of unbranched alkanes of at least 4 members (excludes halogenated alkanes) is 5. The average molecular weight is 350 g/mol. The van der Waals surface area contributed by atoms with Gasteiger partial charge < -0.3 is 10.1 Å². The molecule has 0 aliphatic heterocycles. The quantitative estimate of drug-likeness (QED) is 0.245. The fourth-order valence-electron chi connectivity index (χ4n) is 2.58. The number of nitrogens with one attached hydrogen (secondary N) is 1. The third kappa shape index (κ3) is 9.19. The van der Waals surface area contributed by atoms with Crippen LogP contribution in [0.2, 0.25) is 0 Å². The minimum absolute atomic E-state index is 0.0401. The van der Waals surface area contributed by atoms with Crippen molar-refractivity contribution >= 4 is 11.7 Å². The Balaban J connectivity index is 2.11. The minimum atomic E-state index is -0.496. The monoisotopic (exact) mass is 350 g/mol. The van der Waals surface area contributed by atoms with Gasteiger partial charge in [0.05, 0.1) is 10.5 Å². The zero-order chi connectivity index (χ0) is 18.5. The first kappa shape index (κ1) is 21.1. The standard InChI is InChI=1S/C19H30N2O4/c1-3-4-5-6-7-8-9-16(2)20-14-15-25-19(22)17-10-12-18(13-11-17)21(23)24/h10-13,16,20H,3-9,14-15H2,1-2H3. The van der Waals surface area contributed by atoms with Crippen LogP contribution in [0.25, 0.3) is 0 Å². The molecule has 0 saturated carbocycles. The molecule has 1 aromatic rings. The van der Waals surface area contributed by atoms with Crippen molar-refractivity contribution in [2.45, 2.75) is 64.8 Å². The molecule has 0 aliphatic carbocycles. The van der Waals surface area contributed by atoms with Crippen molar-refractivity contribution in [3.63, 3.8) is 0 Å². The molecule has 0 aliphatic rings. The maximum atomic E-state index is 11.8. The Morgan fingerprint density at radius 1 is 1.16 bits per heavy atom. The van der Waals surface area contributed by atoms with Gasteiger partial charge in [-0.1, -0.05) is 45.4 Å². The van der Waals surface area contributed by atoms with Gasteiger partial charge in [0, 0.05) is 24.7 Å². The molecule has 25 heavy (non-hydrogen) atoms. The second-order valence-electron chi connectivity index (χ2n) is 6.35. The summed E-state index contributed by atoms with van der Waals surface area (Å²) in [5, 5.41) is 13.9. The van der Waals surface area contributed by atoms with E-state index in [4.69, 9.17) is 4.74 Å². The van der Waals surface area contributed by atoms with E-state index in [2.05, 4.69) is 19.2 Å². The van der Waals surface area contributed by atoms with Crippen LogP contribution in [0.1, 0.15) is 69.2 Å². The highest BCUT2D eigenvalue weighted by molar-refractivity contribution is 5.89. The van der Waals surface area contributed by atoms with Crippen molar-refractivity contribution in [1.29, 1.82) is 0 Å².